The minimum absolute atomic E-state index is 0.0931. The highest BCUT2D eigenvalue weighted by atomic mass is 19.1. The Morgan fingerprint density at radius 1 is 1.33 bits per heavy atom. The summed E-state index contributed by atoms with van der Waals surface area (Å²) < 4.78 is 13.4. The predicted molar refractivity (Wildman–Crippen MR) is 80.5 cm³/mol. The molecular formula is C16H25FN2O2. The molecule has 0 aromatic heterocycles. The smallest absolute Gasteiger partial charge is 0.123 e. The highest BCUT2D eigenvalue weighted by Crippen LogP contribution is 2.20. The zero-order valence-electron chi connectivity index (χ0n) is 12.5. The number of nitrogens with zero attached hydrogens (tertiary/aromatic N) is 1. The van der Waals surface area contributed by atoms with Crippen LogP contribution in [0.5, 0.6) is 0 Å². The molecule has 0 bridgehead atoms. The number of rotatable bonds is 7. The Balaban J connectivity index is 1.93. The van der Waals surface area contributed by atoms with E-state index in [9.17, 15) is 14.6 Å². The Hall–Kier alpha value is -1.01. The van der Waals surface area contributed by atoms with Crippen LogP contribution in [0.2, 0.25) is 0 Å². The molecule has 1 saturated heterocycles. The molecule has 0 radical (unpaired) electrons. The Kier molecular flexibility index (Phi) is 6.11. The monoisotopic (exact) mass is 296 g/mol. The topological polar surface area (TPSA) is 55.7 Å². The average Bonchev–Trinajstić information content (AvgIpc) is 2.78. The second kappa shape index (κ2) is 7.84. The van der Waals surface area contributed by atoms with Crippen molar-refractivity contribution < 1.29 is 14.6 Å². The molecule has 1 aromatic carbocycles. The third-order valence-electron chi connectivity index (χ3n) is 3.96. The van der Waals surface area contributed by atoms with Crippen molar-refractivity contribution in [3.05, 3.63) is 35.6 Å². The third-order valence-corrected chi connectivity index (χ3v) is 3.96. The minimum atomic E-state index is -0.652. The van der Waals surface area contributed by atoms with Crippen molar-refractivity contribution in [2.75, 3.05) is 26.2 Å². The minimum Gasteiger partial charge on any atom is -0.389 e. The number of β-amino-alcohol motifs (C(OH)–C–C–N with tert-alkyl or cyclic N) is 2. The van der Waals surface area contributed by atoms with E-state index in [1.165, 1.54) is 6.07 Å². The second-order valence-corrected chi connectivity index (χ2v) is 5.74. The summed E-state index contributed by atoms with van der Waals surface area (Å²) in [4.78, 5) is 2.05. The van der Waals surface area contributed by atoms with Gasteiger partial charge in [0.15, 0.2) is 0 Å². The SMILES string of the molecule is CCCNC(CCN1CC(O)C(O)C1)c1cccc(F)c1. The zero-order valence-corrected chi connectivity index (χ0v) is 12.5. The summed E-state index contributed by atoms with van der Waals surface area (Å²) in [6.45, 7) is 4.76. The van der Waals surface area contributed by atoms with Gasteiger partial charge < -0.3 is 15.5 Å². The number of aliphatic hydroxyl groups is 2. The first-order valence-electron chi connectivity index (χ1n) is 7.67. The van der Waals surface area contributed by atoms with E-state index in [1.54, 1.807) is 12.1 Å². The molecule has 118 valence electrons. The standard InChI is InChI=1S/C16H25FN2O2/c1-2-7-18-14(12-4-3-5-13(17)9-12)6-8-19-10-15(20)16(21)11-19/h3-5,9,14-16,18,20-21H,2,6-8,10-11H2,1H3. The Morgan fingerprint density at radius 3 is 2.67 bits per heavy atom. The maximum absolute atomic E-state index is 13.4. The van der Waals surface area contributed by atoms with E-state index in [4.69, 9.17) is 0 Å². The molecule has 0 amide bonds. The van der Waals surface area contributed by atoms with E-state index in [0.29, 0.717) is 13.1 Å². The molecule has 3 N–H and O–H groups in total. The molecular weight excluding hydrogens is 271 g/mol. The lowest BCUT2D eigenvalue weighted by atomic mass is 10.0. The van der Waals surface area contributed by atoms with Gasteiger partial charge in [0.05, 0.1) is 12.2 Å². The molecule has 1 fully saturated rings. The highest BCUT2D eigenvalue weighted by Gasteiger charge is 2.29. The number of halogens is 1. The van der Waals surface area contributed by atoms with Crippen molar-refractivity contribution in [2.45, 2.75) is 38.0 Å². The van der Waals surface area contributed by atoms with Crippen LogP contribution in [0.3, 0.4) is 0 Å². The molecule has 4 nitrogen and oxygen atoms in total. The predicted octanol–water partition coefficient (Wildman–Crippen LogP) is 1.29. The normalized spacial score (nSPS) is 24.4. The number of hydrogen-bond donors (Lipinski definition) is 3. The van der Waals surface area contributed by atoms with Crippen LogP contribution in [0.25, 0.3) is 0 Å². The van der Waals surface area contributed by atoms with Crippen LogP contribution < -0.4 is 5.32 Å². The molecule has 21 heavy (non-hydrogen) atoms. The van der Waals surface area contributed by atoms with Gasteiger partial charge >= 0.3 is 0 Å². The maximum atomic E-state index is 13.4. The quantitative estimate of drug-likeness (QED) is 0.710. The van der Waals surface area contributed by atoms with E-state index >= 15 is 0 Å². The first-order chi connectivity index (χ1) is 10.1. The number of benzene rings is 1. The van der Waals surface area contributed by atoms with Gasteiger partial charge in [-0.2, -0.15) is 0 Å². The van der Waals surface area contributed by atoms with Gasteiger partial charge in [-0.15, -0.1) is 0 Å². The first kappa shape index (κ1) is 16.4. The molecule has 0 aliphatic carbocycles. The van der Waals surface area contributed by atoms with E-state index in [2.05, 4.69) is 17.1 Å². The largest absolute Gasteiger partial charge is 0.389 e. The Bertz CT molecular complexity index is 434. The van der Waals surface area contributed by atoms with Crippen LogP contribution in [0.1, 0.15) is 31.4 Å². The van der Waals surface area contributed by atoms with E-state index in [-0.39, 0.29) is 11.9 Å². The maximum Gasteiger partial charge on any atom is 0.123 e. The molecule has 3 atom stereocenters. The van der Waals surface area contributed by atoms with Crippen LogP contribution in [0, 0.1) is 5.82 Å². The van der Waals surface area contributed by atoms with E-state index in [1.807, 2.05) is 6.07 Å². The second-order valence-electron chi connectivity index (χ2n) is 5.74. The van der Waals surface area contributed by atoms with Gasteiger partial charge in [-0.3, -0.25) is 4.90 Å². The fraction of sp³-hybridized carbons (Fsp3) is 0.625. The molecule has 1 aliphatic rings. The van der Waals surface area contributed by atoms with Gasteiger partial charge in [-0.05, 0) is 37.1 Å². The van der Waals surface area contributed by atoms with Crippen LogP contribution in [0.15, 0.2) is 24.3 Å². The summed E-state index contributed by atoms with van der Waals surface area (Å²) in [6, 6.07) is 6.78. The van der Waals surface area contributed by atoms with Crippen molar-refractivity contribution in [1.82, 2.24) is 10.2 Å². The Labute approximate surface area is 125 Å². The summed E-state index contributed by atoms with van der Waals surface area (Å²) in [7, 11) is 0. The summed E-state index contributed by atoms with van der Waals surface area (Å²) in [6.07, 6.45) is 0.540. The van der Waals surface area contributed by atoms with Crippen LogP contribution >= 0.6 is 0 Å². The number of nitrogens with one attached hydrogen (secondary N) is 1. The summed E-state index contributed by atoms with van der Waals surface area (Å²) in [5.41, 5.74) is 0.948. The van der Waals surface area contributed by atoms with Gasteiger partial charge in [-0.1, -0.05) is 19.1 Å². The van der Waals surface area contributed by atoms with Crippen LogP contribution in [-0.2, 0) is 0 Å². The fourth-order valence-electron chi connectivity index (χ4n) is 2.77. The van der Waals surface area contributed by atoms with Crippen molar-refractivity contribution in [2.24, 2.45) is 0 Å². The van der Waals surface area contributed by atoms with Crippen molar-refractivity contribution in [1.29, 1.82) is 0 Å². The van der Waals surface area contributed by atoms with Crippen molar-refractivity contribution in [3.63, 3.8) is 0 Å². The van der Waals surface area contributed by atoms with E-state index < -0.39 is 12.2 Å². The Morgan fingerprint density at radius 2 is 2.05 bits per heavy atom. The fourth-order valence-corrected chi connectivity index (χ4v) is 2.77. The lowest BCUT2D eigenvalue weighted by Crippen LogP contribution is -2.29. The van der Waals surface area contributed by atoms with Gasteiger partial charge in [0, 0.05) is 25.7 Å². The van der Waals surface area contributed by atoms with Gasteiger partial charge in [0.2, 0.25) is 0 Å². The number of likely N-dealkylation sites (tertiary alicyclic amines) is 1. The molecule has 0 spiro atoms. The van der Waals surface area contributed by atoms with Gasteiger partial charge in [-0.25, -0.2) is 4.39 Å². The molecule has 1 aliphatic heterocycles. The lowest BCUT2D eigenvalue weighted by molar-refractivity contribution is 0.0572. The number of aliphatic hydroxyl groups excluding tert-OH is 2. The summed E-state index contributed by atoms with van der Waals surface area (Å²) in [5, 5.41) is 22.6. The zero-order chi connectivity index (χ0) is 15.2. The van der Waals surface area contributed by atoms with Crippen LogP contribution in [-0.4, -0.2) is 53.5 Å². The molecule has 2 rings (SSSR count). The van der Waals surface area contributed by atoms with Gasteiger partial charge in [0.25, 0.3) is 0 Å². The highest BCUT2D eigenvalue weighted by molar-refractivity contribution is 5.20. The van der Waals surface area contributed by atoms with Gasteiger partial charge in [0.1, 0.15) is 5.82 Å². The summed E-state index contributed by atoms with van der Waals surface area (Å²) >= 11 is 0. The molecule has 0 saturated carbocycles. The summed E-state index contributed by atoms with van der Waals surface area (Å²) in [5.74, 6) is -0.220. The van der Waals surface area contributed by atoms with Crippen molar-refractivity contribution in [3.8, 4) is 0 Å². The molecule has 5 heteroatoms. The average molecular weight is 296 g/mol. The molecule has 3 unspecified atom stereocenters. The van der Waals surface area contributed by atoms with Crippen LogP contribution in [0.4, 0.5) is 4.39 Å². The first-order valence-corrected chi connectivity index (χ1v) is 7.67. The van der Waals surface area contributed by atoms with E-state index in [0.717, 1.165) is 31.5 Å². The lowest BCUT2D eigenvalue weighted by Gasteiger charge is -2.22. The number of hydrogen-bond acceptors (Lipinski definition) is 4. The molecule has 1 heterocycles. The third kappa shape index (κ3) is 4.74. The van der Waals surface area contributed by atoms with Crippen molar-refractivity contribution >= 4 is 0 Å². The molecule has 1 aromatic rings.